The lowest BCUT2D eigenvalue weighted by molar-refractivity contribution is -0.122. The standard InChI is InChI=1S/C17H17N3O5S/c1-3-24-17(23)14-10(2)13-15(26-14)19-9-20(16(13)22)8-12(21)18-7-11-5-4-6-25-11/h4-6,9H,3,7-8H2,1-2H3,(H,18,21). The highest BCUT2D eigenvalue weighted by molar-refractivity contribution is 7.20. The molecule has 0 aliphatic rings. The molecule has 0 atom stereocenters. The van der Waals surface area contributed by atoms with Gasteiger partial charge in [-0.3, -0.25) is 14.2 Å². The minimum Gasteiger partial charge on any atom is -0.467 e. The minimum absolute atomic E-state index is 0.174. The van der Waals surface area contributed by atoms with Crippen LogP contribution in [0.5, 0.6) is 0 Å². The number of hydrogen-bond acceptors (Lipinski definition) is 7. The number of carbonyl (C=O) groups is 2. The van der Waals surface area contributed by atoms with Gasteiger partial charge >= 0.3 is 5.97 Å². The number of ether oxygens (including phenoxy) is 1. The average molecular weight is 375 g/mol. The fourth-order valence-corrected chi connectivity index (χ4v) is 3.51. The second-order valence-electron chi connectivity index (χ2n) is 5.49. The molecule has 0 fully saturated rings. The number of aryl methyl sites for hydroxylation is 1. The summed E-state index contributed by atoms with van der Waals surface area (Å²) in [6, 6.07) is 3.47. The fraction of sp³-hybridized carbons (Fsp3) is 0.294. The molecule has 3 aromatic heterocycles. The van der Waals surface area contributed by atoms with E-state index < -0.39 is 5.97 Å². The molecule has 0 spiro atoms. The van der Waals surface area contributed by atoms with E-state index >= 15 is 0 Å². The van der Waals surface area contributed by atoms with Crippen molar-refractivity contribution in [3.8, 4) is 0 Å². The molecular weight excluding hydrogens is 358 g/mol. The minimum atomic E-state index is -0.477. The SMILES string of the molecule is CCOC(=O)c1sc2ncn(CC(=O)NCc3ccco3)c(=O)c2c1C. The van der Waals surface area contributed by atoms with Crippen molar-refractivity contribution >= 4 is 33.4 Å². The third kappa shape index (κ3) is 3.52. The van der Waals surface area contributed by atoms with Crippen molar-refractivity contribution in [1.82, 2.24) is 14.9 Å². The first-order valence-electron chi connectivity index (χ1n) is 7.96. The Hall–Kier alpha value is -2.94. The lowest BCUT2D eigenvalue weighted by Crippen LogP contribution is -2.32. The van der Waals surface area contributed by atoms with Crippen LogP contribution in [-0.2, 0) is 22.6 Å². The molecular formula is C17H17N3O5S. The summed E-state index contributed by atoms with van der Waals surface area (Å²) in [6.07, 6.45) is 2.83. The van der Waals surface area contributed by atoms with Crippen LogP contribution >= 0.6 is 11.3 Å². The van der Waals surface area contributed by atoms with Gasteiger partial charge in [0, 0.05) is 0 Å². The Morgan fingerprint density at radius 3 is 2.92 bits per heavy atom. The van der Waals surface area contributed by atoms with Gasteiger partial charge in [-0.2, -0.15) is 0 Å². The van der Waals surface area contributed by atoms with E-state index in [4.69, 9.17) is 9.15 Å². The molecule has 8 nitrogen and oxygen atoms in total. The van der Waals surface area contributed by atoms with Gasteiger partial charge in [-0.1, -0.05) is 0 Å². The van der Waals surface area contributed by atoms with Crippen LogP contribution in [0.15, 0.2) is 33.9 Å². The summed E-state index contributed by atoms with van der Waals surface area (Å²) < 4.78 is 11.4. The van der Waals surface area contributed by atoms with Gasteiger partial charge in [0.25, 0.3) is 5.56 Å². The van der Waals surface area contributed by atoms with Gasteiger partial charge in [0.2, 0.25) is 5.91 Å². The molecule has 0 radical (unpaired) electrons. The summed E-state index contributed by atoms with van der Waals surface area (Å²) in [5.41, 5.74) is 0.152. The number of esters is 1. The smallest absolute Gasteiger partial charge is 0.348 e. The molecule has 0 saturated carbocycles. The molecule has 0 aromatic carbocycles. The molecule has 9 heteroatoms. The molecule has 0 bridgehead atoms. The highest BCUT2D eigenvalue weighted by Crippen LogP contribution is 2.27. The summed E-state index contributed by atoms with van der Waals surface area (Å²) in [7, 11) is 0. The zero-order valence-corrected chi connectivity index (χ0v) is 15.1. The quantitative estimate of drug-likeness (QED) is 0.660. The van der Waals surface area contributed by atoms with Crippen molar-refractivity contribution in [3.63, 3.8) is 0 Å². The number of hydrogen-bond donors (Lipinski definition) is 1. The Kier molecular flexibility index (Phi) is 5.17. The molecule has 1 N–H and O–H groups in total. The van der Waals surface area contributed by atoms with Crippen LogP contribution < -0.4 is 10.9 Å². The maximum atomic E-state index is 12.7. The molecule has 1 amide bonds. The molecule has 26 heavy (non-hydrogen) atoms. The van der Waals surface area contributed by atoms with Crippen LogP contribution in [0, 0.1) is 6.92 Å². The van der Waals surface area contributed by atoms with Gasteiger partial charge in [0.05, 0.1) is 31.1 Å². The number of fused-ring (bicyclic) bond motifs is 1. The topological polar surface area (TPSA) is 103 Å². The molecule has 3 rings (SSSR count). The van der Waals surface area contributed by atoms with Crippen molar-refractivity contribution in [2.24, 2.45) is 0 Å². The number of thiophene rings is 1. The Morgan fingerprint density at radius 1 is 1.42 bits per heavy atom. The van der Waals surface area contributed by atoms with Crippen molar-refractivity contribution in [3.05, 3.63) is 51.3 Å². The lowest BCUT2D eigenvalue weighted by Gasteiger charge is -2.06. The van der Waals surface area contributed by atoms with Crippen LogP contribution in [0.25, 0.3) is 10.2 Å². The number of nitrogens with zero attached hydrogens (tertiary/aromatic N) is 2. The summed E-state index contributed by atoms with van der Waals surface area (Å²) in [6.45, 7) is 3.70. The molecule has 0 aliphatic heterocycles. The van der Waals surface area contributed by atoms with E-state index in [9.17, 15) is 14.4 Å². The maximum Gasteiger partial charge on any atom is 0.348 e. The van der Waals surface area contributed by atoms with Crippen molar-refractivity contribution < 1.29 is 18.7 Å². The van der Waals surface area contributed by atoms with Gasteiger partial charge in [-0.05, 0) is 31.5 Å². The van der Waals surface area contributed by atoms with Gasteiger partial charge in [-0.25, -0.2) is 9.78 Å². The van der Waals surface area contributed by atoms with Crippen LogP contribution in [0.2, 0.25) is 0 Å². The summed E-state index contributed by atoms with van der Waals surface area (Å²) in [5, 5.41) is 3.00. The lowest BCUT2D eigenvalue weighted by atomic mass is 10.2. The highest BCUT2D eigenvalue weighted by Gasteiger charge is 2.20. The third-order valence-corrected chi connectivity index (χ3v) is 4.91. The first-order chi connectivity index (χ1) is 12.5. The first-order valence-corrected chi connectivity index (χ1v) is 8.77. The Bertz CT molecular complexity index is 1000. The van der Waals surface area contributed by atoms with E-state index in [2.05, 4.69) is 10.3 Å². The predicted octanol–water partition coefficient (Wildman–Crippen LogP) is 1.85. The number of carbonyl (C=O) groups excluding carboxylic acids is 2. The average Bonchev–Trinajstić information content (AvgIpc) is 3.24. The van der Waals surface area contributed by atoms with Crippen LogP contribution in [-0.4, -0.2) is 28.0 Å². The first kappa shape index (κ1) is 17.9. The molecule has 3 heterocycles. The molecule has 0 unspecified atom stereocenters. The largest absolute Gasteiger partial charge is 0.467 e. The number of furan rings is 1. The molecule has 136 valence electrons. The predicted molar refractivity (Wildman–Crippen MR) is 95.1 cm³/mol. The van der Waals surface area contributed by atoms with Crippen LogP contribution in [0.3, 0.4) is 0 Å². The van der Waals surface area contributed by atoms with Gasteiger partial charge in [-0.15, -0.1) is 11.3 Å². The Balaban J connectivity index is 1.82. The summed E-state index contributed by atoms with van der Waals surface area (Å²) >= 11 is 1.11. The summed E-state index contributed by atoms with van der Waals surface area (Å²) in [4.78, 5) is 41.7. The van der Waals surface area contributed by atoms with Crippen LogP contribution in [0.1, 0.15) is 27.9 Å². The molecule has 0 saturated heterocycles. The zero-order chi connectivity index (χ0) is 18.7. The molecule has 3 aromatic rings. The second-order valence-corrected chi connectivity index (χ2v) is 6.49. The van der Waals surface area contributed by atoms with Crippen molar-refractivity contribution in [2.75, 3.05) is 6.61 Å². The fourth-order valence-electron chi connectivity index (χ4n) is 2.47. The van der Waals surface area contributed by atoms with E-state index in [-0.39, 0.29) is 31.2 Å². The van der Waals surface area contributed by atoms with Gasteiger partial charge in [0.1, 0.15) is 22.0 Å². The normalized spacial score (nSPS) is 10.8. The van der Waals surface area contributed by atoms with E-state index in [0.717, 1.165) is 11.3 Å². The van der Waals surface area contributed by atoms with Crippen molar-refractivity contribution in [1.29, 1.82) is 0 Å². The van der Waals surface area contributed by atoms with Gasteiger partial charge in [0.15, 0.2) is 0 Å². The van der Waals surface area contributed by atoms with E-state index in [0.29, 0.717) is 26.4 Å². The summed E-state index contributed by atoms with van der Waals surface area (Å²) in [5.74, 6) is -0.203. The maximum absolute atomic E-state index is 12.7. The highest BCUT2D eigenvalue weighted by atomic mass is 32.1. The number of nitrogens with one attached hydrogen (secondary N) is 1. The number of rotatable bonds is 6. The van der Waals surface area contributed by atoms with E-state index in [1.54, 1.807) is 26.0 Å². The number of aromatic nitrogens is 2. The third-order valence-electron chi connectivity index (χ3n) is 3.73. The second kappa shape index (κ2) is 7.52. The zero-order valence-electron chi connectivity index (χ0n) is 14.3. The number of amides is 1. The van der Waals surface area contributed by atoms with Crippen LogP contribution in [0.4, 0.5) is 0 Å². The van der Waals surface area contributed by atoms with Gasteiger partial charge < -0.3 is 14.5 Å². The Morgan fingerprint density at radius 2 is 2.23 bits per heavy atom. The van der Waals surface area contributed by atoms with E-state index in [1.165, 1.54) is 17.2 Å². The van der Waals surface area contributed by atoms with E-state index in [1.807, 2.05) is 0 Å². The Labute approximate surface area is 152 Å². The monoisotopic (exact) mass is 375 g/mol. The molecule has 0 aliphatic carbocycles. The van der Waals surface area contributed by atoms with Crippen molar-refractivity contribution in [2.45, 2.75) is 26.9 Å².